The second-order valence-corrected chi connectivity index (χ2v) is 4.40. The minimum Gasteiger partial charge on any atom is -0.398 e. The molecule has 1 aromatic rings. The first kappa shape index (κ1) is 13.3. The van der Waals surface area contributed by atoms with E-state index in [9.17, 15) is 13.2 Å². The summed E-state index contributed by atoms with van der Waals surface area (Å²) in [5.41, 5.74) is 6.90. The second-order valence-electron chi connectivity index (χ2n) is 3.61. The van der Waals surface area contributed by atoms with Crippen LogP contribution in [-0.2, 0) is 6.54 Å². The molecule has 1 rings (SSSR count). The number of alkyl halides is 3. The molecule has 1 aromatic carbocycles. The van der Waals surface area contributed by atoms with Gasteiger partial charge in [0.1, 0.15) is 0 Å². The topological polar surface area (TPSA) is 29.3 Å². The first-order valence-corrected chi connectivity index (χ1v) is 5.37. The van der Waals surface area contributed by atoms with Gasteiger partial charge in [0, 0.05) is 16.7 Å². The normalized spacial score (nSPS) is 12.1. The van der Waals surface area contributed by atoms with E-state index >= 15 is 0 Å². The van der Waals surface area contributed by atoms with Gasteiger partial charge in [0.05, 0.1) is 6.54 Å². The van der Waals surface area contributed by atoms with Gasteiger partial charge in [-0.3, -0.25) is 4.90 Å². The zero-order chi connectivity index (χ0) is 12.3. The highest BCUT2D eigenvalue weighted by molar-refractivity contribution is 9.10. The van der Waals surface area contributed by atoms with Crippen LogP contribution in [0, 0.1) is 0 Å². The SMILES string of the molecule is CN(Cc1cccc(N)c1Br)CC(F)(F)F. The molecule has 0 fully saturated rings. The van der Waals surface area contributed by atoms with Crippen LogP contribution in [-0.4, -0.2) is 24.7 Å². The molecule has 0 radical (unpaired) electrons. The molecule has 0 bridgehead atoms. The molecule has 6 heteroatoms. The van der Waals surface area contributed by atoms with Crippen molar-refractivity contribution in [2.75, 3.05) is 19.3 Å². The fourth-order valence-electron chi connectivity index (χ4n) is 1.37. The quantitative estimate of drug-likeness (QED) is 0.869. The lowest BCUT2D eigenvalue weighted by Crippen LogP contribution is -2.30. The minimum absolute atomic E-state index is 0.200. The molecular formula is C10H12BrF3N2. The lowest BCUT2D eigenvalue weighted by Gasteiger charge is -2.19. The molecule has 0 spiro atoms. The van der Waals surface area contributed by atoms with Crippen LogP contribution >= 0.6 is 15.9 Å². The summed E-state index contributed by atoms with van der Waals surface area (Å²) in [6.45, 7) is -0.737. The Kier molecular flexibility index (Phi) is 4.21. The highest BCUT2D eigenvalue weighted by Crippen LogP contribution is 2.25. The van der Waals surface area contributed by atoms with Crippen LogP contribution in [0.1, 0.15) is 5.56 Å². The molecule has 16 heavy (non-hydrogen) atoms. The van der Waals surface area contributed by atoms with Gasteiger partial charge in [-0.2, -0.15) is 13.2 Å². The van der Waals surface area contributed by atoms with E-state index in [1.54, 1.807) is 18.2 Å². The van der Waals surface area contributed by atoms with Gasteiger partial charge in [0.2, 0.25) is 0 Å². The predicted molar refractivity (Wildman–Crippen MR) is 60.9 cm³/mol. The highest BCUT2D eigenvalue weighted by atomic mass is 79.9. The van der Waals surface area contributed by atoms with E-state index in [1.165, 1.54) is 11.9 Å². The van der Waals surface area contributed by atoms with E-state index in [-0.39, 0.29) is 6.54 Å². The number of rotatable bonds is 3. The zero-order valence-electron chi connectivity index (χ0n) is 8.68. The Hall–Kier alpha value is -0.750. The number of nitrogens with two attached hydrogens (primary N) is 1. The summed E-state index contributed by atoms with van der Waals surface area (Å²) >= 11 is 3.26. The molecule has 0 unspecified atom stereocenters. The molecule has 90 valence electrons. The minimum atomic E-state index is -4.18. The summed E-state index contributed by atoms with van der Waals surface area (Å²) in [7, 11) is 1.42. The van der Waals surface area contributed by atoms with Crippen LogP contribution < -0.4 is 5.73 Å². The predicted octanol–water partition coefficient (Wildman–Crippen LogP) is 3.03. The van der Waals surface area contributed by atoms with Gasteiger partial charge in [-0.25, -0.2) is 0 Å². The summed E-state index contributed by atoms with van der Waals surface area (Å²) in [4.78, 5) is 1.19. The van der Waals surface area contributed by atoms with Crippen molar-refractivity contribution in [3.8, 4) is 0 Å². The van der Waals surface area contributed by atoms with Crippen molar-refractivity contribution in [2.45, 2.75) is 12.7 Å². The van der Waals surface area contributed by atoms with Gasteiger partial charge < -0.3 is 5.73 Å². The number of anilines is 1. The van der Waals surface area contributed by atoms with Crippen molar-refractivity contribution in [3.05, 3.63) is 28.2 Å². The summed E-state index contributed by atoms with van der Waals surface area (Å²) in [6, 6.07) is 5.15. The van der Waals surface area contributed by atoms with Gasteiger partial charge in [-0.1, -0.05) is 12.1 Å². The highest BCUT2D eigenvalue weighted by Gasteiger charge is 2.29. The van der Waals surface area contributed by atoms with Crippen molar-refractivity contribution in [2.24, 2.45) is 0 Å². The lowest BCUT2D eigenvalue weighted by molar-refractivity contribution is -0.144. The third-order valence-corrected chi connectivity index (χ3v) is 2.97. The number of hydrogen-bond acceptors (Lipinski definition) is 2. The van der Waals surface area contributed by atoms with E-state index in [4.69, 9.17) is 5.73 Å². The van der Waals surface area contributed by atoms with Gasteiger partial charge >= 0.3 is 6.18 Å². The van der Waals surface area contributed by atoms with E-state index < -0.39 is 12.7 Å². The van der Waals surface area contributed by atoms with Crippen LogP contribution in [0.5, 0.6) is 0 Å². The zero-order valence-corrected chi connectivity index (χ0v) is 10.3. The molecule has 0 aromatic heterocycles. The van der Waals surface area contributed by atoms with Gasteiger partial charge in [0.25, 0.3) is 0 Å². The number of halogens is 4. The first-order chi connectivity index (χ1) is 7.29. The van der Waals surface area contributed by atoms with Crippen molar-refractivity contribution in [1.29, 1.82) is 0 Å². The van der Waals surface area contributed by atoms with Crippen LogP contribution in [0.2, 0.25) is 0 Å². The molecule has 2 nitrogen and oxygen atoms in total. The number of nitrogen functional groups attached to an aromatic ring is 1. The van der Waals surface area contributed by atoms with Crippen molar-refractivity contribution in [3.63, 3.8) is 0 Å². The lowest BCUT2D eigenvalue weighted by atomic mass is 10.2. The van der Waals surface area contributed by atoms with Crippen LogP contribution in [0.25, 0.3) is 0 Å². The van der Waals surface area contributed by atoms with E-state index in [0.717, 1.165) is 5.56 Å². The van der Waals surface area contributed by atoms with Crippen LogP contribution in [0.4, 0.5) is 18.9 Å². The Balaban J connectivity index is 2.70. The molecule has 0 saturated carbocycles. The van der Waals surface area contributed by atoms with E-state index in [0.29, 0.717) is 10.2 Å². The Morgan fingerprint density at radius 3 is 2.56 bits per heavy atom. The maximum Gasteiger partial charge on any atom is 0.401 e. The molecule has 0 amide bonds. The molecule has 0 aliphatic carbocycles. The van der Waals surface area contributed by atoms with Gasteiger partial charge in [0.15, 0.2) is 0 Å². The standard InChI is InChI=1S/C10H12BrF3N2/c1-16(6-10(12,13)14)5-7-3-2-4-8(15)9(7)11/h2-4H,5-6,15H2,1H3. The van der Waals surface area contributed by atoms with Crippen molar-refractivity contribution in [1.82, 2.24) is 4.90 Å². The number of benzene rings is 1. The largest absolute Gasteiger partial charge is 0.401 e. The summed E-state index contributed by atoms with van der Waals surface area (Å²) < 4.78 is 37.0. The average molecular weight is 297 g/mol. The fourth-order valence-corrected chi connectivity index (χ4v) is 1.76. The number of hydrogen-bond donors (Lipinski definition) is 1. The Morgan fingerprint density at radius 1 is 1.38 bits per heavy atom. The maximum absolute atomic E-state index is 12.1. The monoisotopic (exact) mass is 296 g/mol. The Labute approximate surface area is 100 Å². The summed E-state index contributed by atoms with van der Waals surface area (Å²) in [5, 5.41) is 0. The van der Waals surface area contributed by atoms with E-state index in [2.05, 4.69) is 15.9 Å². The van der Waals surface area contributed by atoms with Gasteiger partial charge in [-0.15, -0.1) is 0 Å². The smallest absolute Gasteiger partial charge is 0.398 e. The fraction of sp³-hybridized carbons (Fsp3) is 0.400. The first-order valence-electron chi connectivity index (χ1n) is 4.58. The molecular weight excluding hydrogens is 285 g/mol. The Bertz CT molecular complexity index is 366. The average Bonchev–Trinajstić information content (AvgIpc) is 2.09. The summed E-state index contributed by atoms with van der Waals surface area (Å²) in [6.07, 6.45) is -4.18. The van der Waals surface area contributed by atoms with Crippen LogP contribution in [0.3, 0.4) is 0 Å². The molecule has 0 atom stereocenters. The van der Waals surface area contributed by atoms with Crippen LogP contribution in [0.15, 0.2) is 22.7 Å². The second kappa shape index (κ2) is 5.05. The molecule has 0 heterocycles. The maximum atomic E-state index is 12.1. The van der Waals surface area contributed by atoms with Gasteiger partial charge in [-0.05, 0) is 34.6 Å². The summed E-state index contributed by atoms with van der Waals surface area (Å²) in [5.74, 6) is 0. The molecule has 0 saturated heterocycles. The molecule has 2 N–H and O–H groups in total. The van der Waals surface area contributed by atoms with Crippen molar-refractivity contribution < 1.29 is 13.2 Å². The molecule has 0 aliphatic rings. The third kappa shape index (κ3) is 4.02. The number of nitrogens with zero attached hydrogens (tertiary/aromatic N) is 1. The van der Waals surface area contributed by atoms with E-state index in [1.807, 2.05) is 0 Å². The third-order valence-electron chi connectivity index (χ3n) is 2.00. The molecule has 0 aliphatic heterocycles. The Morgan fingerprint density at radius 2 is 2.00 bits per heavy atom. The van der Waals surface area contributed by atoms with Crippen molar-refractivity contribution >= 4 is 21.6 Å².